The lowest BCUT2D eigenvalue weighted by molar-refractivity contribution is 0.121. The van der Waals surface area contributed by atoms with Crippen molar-refractivity contribution in [1.29, 1.82) is 0 Å². The SMILES string of the molecule is CCCOCC(N)Cc1cccc(F)c1F. The van der Waals surface area contributed by atoms with Crippen LogP contribution in [0.2, 0.25) is 0 Å². The van der Waals surface area contributed by atoms with Gasteiger partial charge in [-0.3, -0.25) is 0 Å². The molecule has 2 nitrogen and oxygen atoms in total. The second-order valence-corrected chi connectivity index (χ2v) is 3.75. The lowest BCUT2D eigenvalue weighted by atomic mass is 10.1. The third-order valence-electron chi connectivity index (χ3n) is 2.19. The predicted octanol–water partition coefficient (Wildman–Crippen LogP) is 2.26. The average Bonchev–Trinajstić information content (AvgIpc) is 2.25. The Morgan fingerprint density at radius 1 is 1.38 bits per heavy atom. The van der Waals surface area contributed by atoms with Crippen LogP contribution in [-0.2, 0) is 11.2 Å². The Hall–Kier alpha value is -1.00. The Bertz CT molecular complexity index is 331. The summed E-state index contributed by atoms with van der Waals surface area (Å²) in [5, 5.41) is 0. The van der Waals surface area contributed by atoms with Crippen molar-refractivity contribution >= 4 is 0 Å². The number of hydrogen-bond donors (Lipinski definition) is 1. The molecular weight excluding hydrogens is 212 g/mol. The third kappa shape index (κ3) is 3.87. The molecule has 0 aliphatic rings. The first-order valence-corrected chi connectivity index (χ1v) is 5.41. The Labute approximate surface area is 94.4 Å². The molecule has 0 aromatic heterocycles. The standard InChI is InChI=1S/C12H17F2NO/c1-2-6-16-8-10(15)7-9-4-3-5-11(13)12(9)14/h3-5,10H,2,6-8,15H2,1H3. The first kappa shape index (κ1) is 13.1. The van der Waals surface area contributed by atoms with Crippen molar-refractivity contribution in [2.45, 2.75) is 25.8 Å². The van der Waals surface area contributed by atoms with Gasteiger partial charge in [0.05, 0.1) is 6.61 Å². The summed E-state index contributed by atoms with van der Waals surface area (Å²) in [7, 11) is 0. The normalized spacial score (nSPS) is 12.8. The monoisotopic (exact) mass is 229 g/mol. The van der Waals surface area contributed by atoms with Crippen LogP contribution in [0, 0.1) is 11.6 Å². The number of hydrogen-bond acceptors (Lipinski definition) is 2. The number of ether oxygens (including phenoxy) is 1. The first-order chi connectivity index (χ1) is 7.65. The molecule has 1 rings (SSSR count). The van der Waals surface area contributed by atoms with E-state index in [0.717, 1.165) is 12.5 Å². The van der Waals surface area contributed by atoms with Crippen molar-refractivity contribution in [3.8, 4) is 0 Å². The molecule has 0 saturated heterocycles. The highest BCUT2D eigenvalue weighted by molar-refractivity contribution is 5.19. The maximum Gasteiger partial charge on any atom is 0.162 e. The quantitative estimate of drug-likeness (QED) is 0.759. The molecule has 0 amide bonds. The van der Waals surface area contributed by atoms with Gasteiger partial charge >= 0.3 is 0 Å². The minimum absolute atomic E-state index is 0.285. The zero-order chi connectivity index (χ0) is 12.0. The van der Waals surface area contributed by atoms with Crippen molar-refractivity contribution in [3.05, 3.63) is 35.4 Å². The Balaban J connectivity index is 2.49. The van der Waals surface area contributed by atoms with Crippen LogP contribution < -0.4 is 5.73 Å². The van der Waals surface area contributed by atoms with Crippen LogP contribution in [0.15, 0.2) is 18.2 Å². The van der Waals surface area contributed by atoms with E-state index in [-0.39, 0.29) is 12.5 Å². The summed E-state index contributed by atoms with van der Waals surface area (Å²) in [5.74, 6) is -1.65. The van der Waals surface area contributed by atoms with Crippen molar-refractivity contribution in [1.82, 2.24) is 0 Å². The lowest BCUT2D eigenvalue weighted by Crippen LogP contribution is -2.29. The van der Waals surface area contributed by atoms with E-state index >= 15 is 0 Å². The number of nitrogens with two attached hydrogens (primary N) is 1. The van der Waals surface area contributed by atoms with Gasteiger partial charge in [-0.1, -0.05) is 19.1 Å². The molecule has 0 heterocycles. The van der Waals surface area contributed by atoms with Crippen LogP contribution in [-0.4, -0.2) is 19.3 Å². The van der Waals surface area contributed by atoms with Crippen molar-refractivity contribution in [2.24, 2.45) is 5.73 Å². The summed E-state index contributed by atoms with van der Waals surface area (Å²) in [6.07, 6.45) is 1.20. The average molecular weight is 229 g/mol. The van der Waals surface area contributed by atoms with Crippen LogP contribution >= 0.6 is 0 Å². The van der Waals surface area contributed by atoms with Gasteiger partial charge in [0.1, 0.15) is 0 Å². The number of benzene rings is 1. The minimum atomic E-state index is -0.834. The largest absolute Gasteiger partial charge is 0.380 e. The molecule has 1 atom stereocenters. The van der Waals surface area contributed by atoms with Gasteiger partial charge in [0, 0.05) is 12.6 Å². The van der Waals surface area contributed by atoms with Gasteiger partial charge in [-0.15, -0.1) is 0 Å². The Kier molecular flexibility index (Phi) is 5.35. The van der Waals surface area contributed by atoms with Gasteiger partial charge in [0.2, 0.25) is 0 Å². The molecule has 0 fully saturated rings. The predicted molar refractivity (Wildman–Crippen MR) is 59.1 cm³/mol. The second kappa shape index (κ2) is 6.55. The summed E-state index contributed by atoms with van der Waals surface area (Å²) in [6.45, 7) is 3.00. The van der Waals surface area contributed by atoms with Gasteiger partial charge in [0.15, 0.2) is 11.6 Å². The molecule has 0 aliphatic carbocycles. The molecule has 4 heteroatoms. The molecule has 0 bridgehead atoms. The maximum absolute atomic E-state index is 13.3. The van der Waals surface area contributed by atoms with Gasteiger partial charge in [-0.05, 0) is 24.5 Å². The highest BCUT2D eigenvalue weighted by atomic mass is 19.2. The number of rotatable bonds is 6. The first-order valence-electron chi connectivity index (χ1n) is 5.41. The summed E-state index contributed by atoms with van der Waals surface area (Å²) in [4.78, 5) is 0. The molecule has 2 N–H and O–H groups in total. The van der Waals surface area contributed by atoms with Crippen molar-refractivity contribution < 1.29 is 13.5 Å². The van der Waals surface area contributed by atoms with E-state index in [2.05, 4.69) is 0 Å². The molecule has 1 aromatic rings. The molecule has 0 saturated carbocycles. The molecule has 16 heavy (non-hydrogen) atoms. The van der Waals surface area contributed by atoms with Crippen LogP contribution in [0.5, 0.6) is 0 Å². The van der Waals surface area contributed by atoms with Gasteiger partial charge in [-0.25, -0.2) is 8.78 Å². The van der Waals surface area contributed by atoms with Crippen LogP contribution in [0.3, 0.4) is 0 Å². The minimum Gasteiger partial charge on any atom is -0.380 e. The van der Waals surface area contributed by atoms with E-state index in [0.29, 0.717) is 18.8 Å². The molecule has 90 valence electrons. The summed E-state index contributed by atoms with van der Waals surface area (Å²) in [5.41, 5.74) is 6.05. The fraction of sp³-hybridized carbons (Fsp3) is 0.500. The Morgan fingerprint density at radius 3 is 2.81 bits per heavy atom. The zero-order valence-electron chi connectivity index (χ0n) is 9.38. The molecule has 0 aliphatic heterocycles. The lowest BCUT2D eigenvalue weighted by Gasteiger charge is -2.12. The number of halogens is 2. The van der Waals surface area contributed by atoms with E-state index in [1.807, 2.05) is 6.92 Å². The third-order valence-corrected chi connectivity index (χ3v) is 2.19. The molecular formula is C12H17F2NO. The summed E-state index contributed by atoms with van der Waals surface area (Å²) < 4.78 is 31.4. The smallest absolute Gasteiger partial charge is 0.162 e. The fourth-order valence-corrected chi connectivity index (χ4v) is 1.43. The van der Waals surface area contributed by atoms with E-state index < -0.39 is 11.6 Å². The van der Waals surface area contributed by atoms with Crippen LogP contribution in [0.1, 0.15) is 18.9 Å². The van der Waals surface area contributed by atoms with Crippen molar-refractivity contribution in [3.63, 3.8) is 0 Å². The summed E-state index contributed by atoms with van der Waals surface area (Å²) in [6, 6.07) is 3.81. The molecule has 0 spiro atoms. The van der Waals surface area contributed by atoms with E-state index in [1.54, 1.807) is 0 Å². The molecule has 1 aromatic carbocycles. The van der Waals surface area contributed by atoms with E-state index in [4.69, 9.17) is 10.5 Å². The van der Waals surface area contributed by atoms with E-state index in [9.17, 15) is 8.78 Å². The highest BCUT2D eigenvalue weighted by Gasteiger charge is 2.11. The van der Waals surface area contributed by atoms with Crippen LogP contribution in [0.25, 0.3) is 0 Å². The van der Waals surface area contributed by atoms with Crippen LogP contribution in [0.4, 0.5) is 8.78 Å². The molecule has 1 unspecified atom stereocenters. The zero-order valence-corrected chi connectivity index (χ0v) is 9.38. The topological polar surface area (TPSA) is 35.2 Å². The second-order valence-electron chi connectivity index (χ2n) is 3.75. The molecule has 0 radical (unpaired) electrons. The van der Waals surface area contributed by atoms with Gasteiger partial charge < -0.3 is 10.5 Å². The highest BCUT2D eigenvalue weighted by Crippen LogP contribution is 2.12. The Morgan fingerprint density at radius 2 is 2.12 bits per heavy atom. The van der Waals surface area contributed by atoms with Crippen molar-refractivity contribution in [2.75, 3.05) is 13.2 Å². The maximum atomic E-state index is 13.3. The van der Waals surface area contributed by atoms with E-state index in [1.165, 1.54) is 12.1 Å². The fourth-order valence-electron chi connectivity index (χ4n) is 1.43. The van der Waals surface area contributed by atoms with Gasteiger partial charge in [-0.2, -0.15) is 0 Å². The summed E-state index contributed by atoms with van der Waals surface area (Å²) >= 11 is 0. The van der Waals surface area contributed by atoms with Gasteiger partial charge in [0.25, 0.3) is 0 Å².